The van der Waals surface area contributed by atoms with Crippen LogP contribution in [0.4, 0.5) is 32.0 Å². The summed E-state index contributed by atoms with van der Waals surface area (Å²) in [5.74, 6) is -6.39. The van der Waals surface area contributed by atoms with Crippen LogP contribution in [0.2, 0.25) is 0 Å². The standard InChI is InChI=1S/C18H6F6N4O/c19-11-2-1-3-15(16(11)28-14(8-27)9(6-25)7-26)29-17-12(20)4-10(5-13(17)21)18(22,23)24/h1-5,28H. The first-order valence-corrected chi connectivity index (χ1v) is 7.36. The first-order chi connectivity index (χ1) is 13.6. The molecule has 0 aliphatic rings. The first kappa shape index (κ1) is 21.1. The molecule has 0 fully saturated rings. The van der Waals surface area contributed by atoms with Crippen molar-refractivity contribution in [3.8, 4) is 29.7 Å². The highest BCUT2D eigenvalue weighted by Gasteiger charge is 2.33. The van der Waals surface area contributed by atoms with Gasteiger partial charge in [0, 0.05) is 0 Å². The Labute approximate surface area is 159 Å². The van der Waals surface area contributed by atoms with Crippen LogP contribution in [0, 0.1) is 51.4 Å². The monoisotopic (exact) mass is 408 g/mol. The molecule has 2 aromatic rings. The highest BCUT2D eigenvalue weighted by atomic mass is 19.4. The van der Waals surface area contributed by atoms with Gasteiger partial charge in [-0.2, -0.15) is 29.0 Å². The molecule has 0 saturated carbocycles. The maximum Gasteiger partial charge on any atom is 0.416 e. The van der Waals surface area contributed by atoms with Crippen molar-refractivity contribution in [3.05, 3.63) is 64.6 Å². The lowest BCUT2D eigenvalue weighted by atomic mass is 10.2. The molecule has 0 saturated heterocycles. The maximum absolute atomic E-state index is 14.2. The molecule has 0 unspecified atom stereocenters. The molecule has 0 spiro atoms. The van der Waals surface area contributed by atoms with E-state index in [-0.39, 0.29) is 12.1 Å². The van der Waals surface area contributed by atoms with Crippen molar-refractivity contribution in [3.63, 3.8) is 0 Å². The summed E-state index contributed by atoms with van der Waals surface area (Å²) < 4.78 is 84.9. The number of halogens is 6. The van der Waals surface area contributed by atoms with E-state index in [2.05, 4.69) is 5.32 Å². The highest BCUT2D eigenvalue weighted by molar-refractivity contribution is 5.65. The van der Waals surface area contributed by atoms with Gasteiger partial charge in [-0.1, -0.05) is 6.07 Å². The van der Waals surface area contributed by atoms with Crippen molar-refractivity contribution < 1.29 is 31.1 Å². The Morgan fingerprint density at radius 2 is 1.48 bits per heavy atom. The summed E-state index contributed by atoms with van der Waals surface area (Å²) in [4.78, 5) is 0. The summed E-state index contributed by atoms with van der Waals surface area (Å²) in [5, 5.41) is 28.7. The average Bonchev–Trinajstić information content (AvgIpc) is 2.65. The van der Waals surface area contributed by atoms with Crippen molar-refractivity contribution in [1.82, 2.24) is 0 Å². The second-order valence-electron chi connectivity index (χ2n) is 5.19. The van der Waals surface area contributed by atoms with Gasteiger partial charge in [-0.25, -0.2) is 13.2 Å². The number of nitrogens with zero attached hydrogens (tertiary/aromatic N) is 3. The minimum Gasteiger partial charge on any atom is -0.449 e. The molecular weight excluding hydrogens is 402 g/mol. The number of allylic oxidation sites excluding steroid dienone is 2. The quantitative estimate of drug-likeness (QED) is 0.558. The Morgan fingerprint density at radius 1 is 0.897 bits per heavy atom. The molecule has 1 N–H and O–H groups in total. The number of nitriles is 3. The zero-order valence-corrected chi connectivity index (χ0v) is 13.9. The maximum atomic E-state index is 14.2. The normalized spacial score (nSPS) is 10.3. The van der Waals surface area contributed by atoms with Crippen LogP contribution in [-0.4, -0.2) is 0 Å². The average molecular weight is 408 g/mol. The number of alkyl halides is 3. The smallest absolute Gasteiger partial charge is 0.416 e. The van der Waals surface area contributed by atoms with E-state index in [0.29, 0.717) is 0 Å². The second-order valence-corrected chi connectivity index (χ2v) is 5.19. The van der Waals surface area contributed by atoms with Gasteiger partial charge < -0.3 is 10.1 Å². The molecule has 0 aromatic heterocycles. The third-order valence-corrected chi connectivity index (χ3v) is 3.35. The van der Waals surface area contributed by atoms with Gasteiger partial charge in [-0.05, 0) is 24.3 Å². The molecular formula is C18H6F6N4O. The summed E-state index contributed by atoms with van der Waals surface area (Å²) in [7, 11) is 0. The predicted molar refractivity (Wildman–Crippen MR) is 85.3 cm³/mol. The van der Waals surface area contributed by atoms with Crippen LogP contribution in [-0.2, 0) is 6.18 Å². The Balaban J connectivity index is 2.54. The van der Waals surface area contributed by atoms with Gasteiger partial charge in [0.25, 0.3) is 0 Å². The molecule has 0 bridgehead atoms. The molecule has 0 aliphatic heterocycles. The minimum atomic E-state index is -5.01. The summed E-state index contributed by atoms with van der Waals surface area (Å²) in [6.45, 7) is 0. The first-order valence-electron chi connectivity index (χ1n) is 7.36. The van der Waals surface area contributed by atoms with E-state index >= 15 is 0 Å². The molecule has 2 aromatic carbocycles. The lowest BCUT2D eigenvalue weighted by Crippen LogP contribution is -2.08. The van der Waals surface area contributed by atoms with Crippen LogP contribution >= 0.6 is 0 Å². The van der Waals surface area contributed by atoms with Crippen molar-refractivity contribution >= 4 is 5.69 Å². The van der Waals surface area contributed by atoms with Gasteiger partial charge in [0.2, 0.25) is 0 Å². The van der Waals surface area contributed by atoms with Crippen molar-refractivity contribution in [2.24, 2.45) is 0 Å². The van der Waals surface area contributed by atoms with E-state index in [0.717, 1.165) is 18.2 Å². The lowest BCUT2D eigenvalue weighted by Gasteiger charge is -2.15. The fraction of sp³-hybridized carbons (Fsp3) is 0.0556. The van der Waals surface area contributed by atoms with E-state index in [9.17, 15) is 26.3 Å². The number of para-hydroxylation sites is 1. The molecule has 0 aliphatic carbocycles. The van der Waals surface area contributed by atoms with Crippen molar-refractivity contribution in [2.45, 2.75) is 6.18 Å². The van der Waals surface area contributed by atoms with E-state index in [1.54, 1.807) is 0 Å². The van der Waals surface area contributed by atoms with Crippen LogP contribution in [0.5, 0.6) is 11.5 Å². The summed E-state index contributed by atoms with van der Waals surface area (Å²) in [6, 6.07) is 7.14. The summed E-state index contributed by atoms with van der Waals surface area (Å²) >= 11 is 0. The summed E-state index contributed by atoms with van der Waals surface area (Å²) in [5.41, 5.74) is -3.67. The lowest BCUT2D eigenvalue weighted by molar-refractivity contribution is -0.138. The zero-order valence-electron chi connectivity index (χ0n) is 13.9. The van der Waals surface area contributed by atoms with Crippen LogP contribution in [0.25, 0.3) is 0 Å². The Hall–Kier alpha value is -4.17. The van der Waals surface area contributed by atoms with Crippen LogP contribution < -0.4 is 10.1 Å². The Kier molecular flexibility index (Phi) is 6.00. The topological polar surface area (TPSA) is 92.6 Å². The molecule has 146 valence electrons. The third kappa shape index (κ3) is 4.57. The molecule has 5 nitrogen and oxygen atoms in total. The number of rotatable bonds is 4. The van der Waals surface area contributed by atoms with Gasteiger partial charge in [-0.3, -0.25) is 0 Å². The predicted octanol–water partition coefficient (Wildman–Crippen LogP) is 5.15. The largest absolute Gasteiger partial charge is 0.449 e. The second kappa shape index (κ2) is 8.24. The number of benzene rings is 2. The molecule has 0 atom stereocenters. The van der Waals surface area contributed by atoms with Crippen LogP contribution in [0.15, 0.2) is 41.6 Å². The van der Waals surface area contributed by atoms with Crippen molar-refractivity contribution in [1.29, 1.82) is 15.8 Å². The minimum absolute atomic E-state index is 0.00507. The summed E-state index contributed by atoms with van der Waals surface area (Å²) in [6.07, 6.45) is -5.01. The molecule has 0 radical (unpaired) electrons. The number of nitrogens with one attached hydrogen (secondary N) is 1. The number of hydrogen-bond acceptors (Lipinski definition) is 5. The third-order valence-electron chi connectivity index (χ3n) is 3.35. The SMILES string of the molecule is N#CC(C#N)=C(C#N)Nc1c(F)cccc1Oc1c(F)cc(C(F)(F)F)cc1F. The molecule has 29 heavy (non-hydrogen) atoms. The van der Waals surface area contributed by atoms with Gasteiger partial charge in [-0.15, -0.1) is 0 Å². The van der Waals surface area contributed by atoms with E-state index in [1.807, 2.05) is 0 Å². The van der Waals surface area contributed by atoms with Gasteiger partial charge >= 0.3 is 6.18 Å². The van der Waals surface area contributed by atoms with E-state index < -0.39 is 57.6 Å². The molecule has 0 heterocycles. The Bertz CT molecular complexity index is 1080. The van der Waals surface area contributed by atoms with Crippen LogP contribution in [0.3, 0.4) is 0 Å². The van der Waals surface area contributed by atoms with E-state index in [1.165, 1.54) is 18.2 Å². The fourth-order valence-electron chi connectivity index (χ4n) is 2.05. The molecule has 2 rings (SSSR count). The van der Waals surface area contributed by atoms with Gasteiger partial charge in [0.15, 0.2) is 34.5 Å². The van der Waals surface area contributed by atoms with E-state index in [4.69, 9.17) is 20.5 Å². The van der Waals surface area contributed by atoms with Crippen molar-refractivity contribution in [2.75, 3.05) is 5.32 Å². The number of ether oxygens (including phenoxy) is 1. The van der Waals surface area contributed by atoms with Gasteiger partial charge in [0.1, 0.15) is 29.6 Å². The number of hydrogen-bond donors (Lipinski definition) is 1. The zero-order chi connectivity index (χ0) is 21.8. The van der Waals surface area contributed by atoms with Crippen LogP contribution in [0.1, 0.15) is 5.56 Å². The van der Waals surface area contributed by atoms with Gasteiger partial charge in [0.05, 0.1) is 5.56 Å². The Morgan fingerprint density at radius 3 is 1.97 bits per heavy atom. The molecule has 11 heteroatoms. The highest BCUT2D eigenvalue weighted by Crippen LogP contribution is 2.38. The fourth-order valence-corrected chi connectivity index (χ4v) is 2.05. The number of anilines is 1. The molecule has 0 amide bonds.